The molecule has 0 spiro atoms. The van der Waals surface area contributed by atoms with Gasteiger partial charge in [-0.2, -0.15) is 0 Å². The van der Waals surface area contributed by atoms with Crippen molar-refractivity contribution >= 4 is 5.97 Å². The van der Waals surface area contributed by atoms with Crippen molar-refractivity contribution in [3.63, 3.8) is 0 Å². The highest BCUT2D eigenvalue weighted by Gasteiger charge is 2.52. The number of carboxylic acids is 1. The van der Waals surface area contributed by atoms with Crippen LogP contribution in [-0.2, 0) is 4.79 Å². The van der Waals surface area contributed by atoms with Crippen LogP contribution >= 0.6 is 0 Å². The fourth-order valence-electron chi connectivity index (χ4n) is 3.54. The Morgan fingerprint density at radius 1 is 1.24 bits per heavy atom. The Kier molecular flexibility index (Phi) is 3.76. The molecular formula is C14H25NO2. The highest BCUT2D eigenvalue weighted by Crippen LogP contribution is 2.45. The molecule has 0 aromatic carbocycles. The molecule has 2 aliphatic rings. The number of carbonyl (C=O) groups is 1. The average Bonchev–Trinajstić information content (AvgIpc) is 3.15. The van der Waals surface area contributed by atoms with E-state index in [4.69, 9.17) is 0 Å². The largest absolute Gasteiger partial charge is 0.480 e. The van der Waals surface area contributed by atoms with Gasteiger partial charge in [0.05, 0.1) is 0 Å². The first-order valence-electron chi connectivity index (χ1n) is 7.10. The van der Waals surface area contributed by atoms with Gasteiger partial charge in [0.1, 0.15) is 5.54 Å². The SMILES string of the molecule is CCN(C1CCCCC1)C(C)(C(=O)O)C1CC1. The number of aliphatic carboxylic acids is 1. The zero-order chi connectivity index (χ0) is 12.5. The van der Waals surface area contributed by atoms with Gasteiger partial charge in [-0.25, -0.2) is 0 Å². The smallest absolute Gasteiger partial charge is 0.324 e. The van der Waals surface area contributed by atoms with Crippen LogP contribution in [0.4, 0.5) is 0 Å². The van der Waals surface area contributed by atoms with Gasteiger partial charge in [-0.05, 0) is 45.1 Å². The first kappa shape index (κ1) is 12.9. The molecule has 17 heavy (non-hydrogen) atoms. The van der Waals surface area contributed by atoms with E-state index in [-0.39, 0.29) is 0 Å². The molecule has 0 bridgehead atoms. The summed E-state index contributed by atoms with van der Waals surface area (Å²) in [5.41, 5.74) is -0.614. The van der Waals surface area contributed by atoms with Gasteiger partial charge in [0.15, 0.2) is 0 Å². The zero-order valence-electron chi connectivity index (χ0n) is 11.1. The summed E-state index contributed by atoms with van der Waals surface area (Å²) < 4.78 is 0. The fourth-order valence-corrected chi connectivity index (χ4v) is 3.54. The quantitative estimate of drug-likeness (QED) is 0.802. The summed E-state index contributed by atoms with van der Waals surface area (Å²) in [5.74, 6) is -0.241. The molecule has 0 amide bonds. The third-order valence-corrected chi connectivity index (χ3v) is 4.76. The Morgan fingerprint density at radius 3 is 2.24 bits per heavy atom. The van der Waals surface area contributed by atoms with E-state index >= 15 is 0 Å². The van der Waals surface area contributed by atoms with Crippen molar-refractivity contribution < 1.29 is 9.90 Å². The molecule has 2 rings (SSSR count). The van der Waals surface area contributed by atoms with E-state index in [1.165, 1.54) is 32.1 Å². The number of carboxylic acid groups (broad SMARTS) is 1. The molecule has 0 aromatic rings. The van der Waals surface area contributed by atoms with Gasteiger partial charge in [-0.15, -0.1) is 0 Å². The molecule has 2 aliphatic carbocycles. The molecule has 0 heterocycles. The Hall–Kier alpha value is -0.570. The van der Waals surface area contributed by atoms with Crippen molar-refractivity contribution in [2.75, 3.05) is 6.54 Å². The van der Waals surface area contributed by atoms with Crippen LogP contribution in [0, 0.1) is 5.92 Å². The predicted molar refractivity (Wildman–Crippen MR) is 68.0 cm³/mol. The van der Waals surface area contributed by atoms with E-state index in [9.17, 15) is 9.90 Å². The van der Waals surface area contributed by atoms with Gasteiger partial charge >= 0.3 is 5.97 Å². The molecule has 2 fully saturated rings. The van der Waals surface area contributed by atoms with E-state index in [1.807, 2.05) is 6.92 Å². The lowest BCUT2D eigenvalue weighted by atomic mass is 9.86. The molecule has 1 unspecified atom stereocenters. The van der Waals surface area contributed by atoms with Crippen LogP contribution in [0.3, 0.4) is 0 Å². The van der Waals surface area contributed by atoms with Crippen LogP contribution in [0.15, 0.2) is 0 Å². The molecule has 1 atom stereocenters. The summed E-state index contributed by atoms with van der Waals surface area (Å²) in [4.78, 5) is 14.0. The normalized spacial score (nSPS) is 25.8. The molecule has 0 radical (unpaired) electrons. The summed E-state index contributed by atoms with van der Waals surface area (Å²) >= 11 is 0. The Labute approximate surface area is 104 Å². The lowest BCUT2D eigenvalue weighted by Gasteiger charge is -2.44. The van der Waals surface area contributed by atoms with E-state index < -0.39 is 11.5 Å². The van der Waals surface area contributed by atoms with E-state index in [2.05, 4.69) is 11.8 Å². The van der Waals surface area contributed by atoms with Crippen LogP contribution in [0.5, 0.6) is 0 Å². The minimum atomic E-state index is -0.618. The van der Waals surface area contributed by atoms with Crippen LogP contribution in [0.2, 0.25) is 0 Å². The average molecular weight is 239 g/mol. The Morgan fingerprint density at radius 2 is 1.82 bits per heavy atom. The Bertz CT molecular complexity index is 282. The number of hydrogen-bond donors (Lipinski definition) is 1. The van der Waals surface area contributed by atoms with Crippen molar-refractivity contribution in [2.45, 2.75) is 70.4 Å². The highest BCUT2D eigenvalue weighted by atomic mass is 16.4. The molecular weight excluding hydrogens is 214 g/mol. The zero-order valence-corrected chi connectivity index (χ0v) is 11.1. The van der Waals surface area contributed by atoms with Gasteiger partial charge < -0.3 is 5.11 Å². The maximum Gasteiger partial charge on any atom is 0.324 e. The summed E-state index contributed by atoms with van der Waals surface area (Å²) in [5, 5.41) is 9.63. The maximum absolute atomic E-state index is 11.7. The van der Waals surface area contributed by atoms with Crippen LogP contribution < -0.4 is 0 Å². The van der Waals surface area contributed by atoms with E-state index in [0.29, 0.717) is 12.0 Å². The van der Waals surface area contributed by atoms with Gasteiger partial charge in [-0.3, -0.25) is 9.69 Å². The molecule has 3 heteroatoms. The number of likely N-dealkylation sites (N-methyl/N-ethyl adjacent to an activating group) is 1. The number of hydrogen-bond acceptors (Lipinski definition) is 2. The molecule has 1 N–H and O–H groups in total. The van der Waals surface area contributed by atoms with Crippen molar-refractivity contribution in [2.24, 2.45) is 5.92 Å². The number of rotatable bonds is 5. The van der Waals surface area contributed by atoms with Crippen LogP contribution in [0.25, 0.3) is 0 Å². The standard InChI is InChI=1S/C14H25NO2/c1-3-15(12-7-5-4-6-8-12)14(2,13(16)17)11-9-10-11/h11-12H,3-10H2,1-2H3,(H,16,17). The van der Waals surface area contributed by atoms with Crippen LogP contribution in [-0.4, -0.2) is 34.1 Å². The lowest BCUT2D eigenvalue weighted by Crippen LogP contribution is -2.58. The summed E-state index contributed by atoms with van der Waals surface area (Å²) in [6.45, 7) is 4.92. The molecule has 0 saturated heterocycles. The molecule has 98 valence electrons. The first-order chi connectivity index (χ1) is 8.10. The minimum Gasteiger partial charge on any atom is -0.480 e. The van der Waals surface area contributed by atoms with E-state index in [1.54, 1.807) is 0 Å². The predicted octanol–water partition coefficient (Wildman–Crippen LogP) is 2.89. The van der Waals surface area contributed by atoms with Crippen LogP contribution in [0.1, 0.15) is 58.8 Å². The van der Waals surface area contributed by atoms with Crippen molar-refractivity contribution in [3.8, 4) is 0 Å². The summed E-state index contributed by atoms with van der Waals surface area (Å²) in [7, 11) is 0. The summed E-state index contributed by atoms with van der Waals surface area (Å²) in [6, 6.07) is 0.496. The second-order valence-corrected chi connectivity index (χ2v) is 5.80. The maximum atomic E-state index is 11.7. The van der Waals surface area contributed by atoms with Crippen molar-refractivity contribution in [1.29, 1.82) is 0 Å². The Balaban J connectivity index is 2.16. The number of nitrogens with zero attached hydrogens (tertiary/aromatic N) is 1. The first-order valence-corrected chi connectivity index (χ1v) is 7.10. The molecule has 3 nitrogen and oxygen atoms in total. The van der Waals surface area contributed by atoms with Gasteiger partial charge in [-0.1, -0.05) is 26.2 Å². The van der Waals surface area contributed by atoms with Gasteiger partial charge in [0.2, 0.25) is 0 Å². The highest BCUT2D eigenvalue weighted by molar-refractivity contribution is 5.79. The topological polar surface area (TPSA) is 40.5 Å². The van der Waals surface area contributed by atoms with Crippen molar-refractivity contribution in [3.05, 3.63) is 0 Å². The molecule has 0 aliphatic heterocycles. The third kappa shape index (κ3) is 2.35. The van der Waals surface area contributed by atoms with E-state index in [0.717, 1.165) is 19.4 Å². The monoisotopic (exact) mass is 239 g/mol. The fraction of sp³-hybridized carbons (Fsp3) is 0.929. The second-order valence-electron chi connectivity index (χ2n) is 5.80. The summed E-state index contributed by atoms with van der Waals surface area (Å²) in [6.07, 6.45) is 8.40. The second kappa shape index (κ2) is 4.97. The van der Waals surface area contributed by atoms with Gasteiger partial charge in [0, 0.05) is 6.04 Å². The lowest BCUT2D eigenvalue weighted by molar-refractivity contribution is -0.154. The third-order valence-electron chi connectivity index (χ3n) is 4.76. The van der Waals surface area contributed by atoms with Gasteiger partial charge in [0.25, 0.3) is 0 Å². The van der Waals surface area contributed by atoms with Crippen molar-refractivity contribution in [1.82, 2.24) is 4.90 Å². The molecule has 0 aromatic heterocycles. The minimum absolute atomic E-state index is 0.377. The molecule has 2 saturated carbocycles.